The minimum Gasteiger partial charge on any atom is -0.497 e. The molecule has 6 heteroatoms. The molecular formula is C15H15ClN4O. The van der Waals surface area contributed by atoms with Crippen molar-refractivity contribution in [3.63, 3.8) is 0 Å². The third kappa shape index (κ3) is 2.92. The van der Waals surface area contributed by atoms with E-state index in [9.17, 15) is 0 Å². The van der Waals surface area contributed by atoms with Crippen LogP contribution in [0.4, 0.5) is 5.82 Å². The lowest BCUT2D eigenvalue weighted by Gasteiger charge is -2.09. The van der Waals surface area contributed by atoms with Crippen molar-refractivity contribution in [3.8, 4) is 5.75 Å². The van der Waals surface area contributed by atoms with Gasteiger partial charge < -0.3 is 10.1 Å². The molecule has 2 aromatic heterocycles. The average molecular weight is 303 g/mol. The second-order valence-electron chi connectivity index (χ2n) is 4.72. The zero-order chi connectivity index (χ0) is 14.8. The zero-order valence-corrected chi connectivity index (χ0v) is 12.6. The molecule has 0 unspecified atom stereocenters. The van der Waals surface area contributed by atoms with Gasteiger partial charge in [-0.25, -0.2) is 4.98 Å². The largest absolute Gasteiger partial charge is 0.497 e. The molecule has 0 aliphatic heterocycles. The molecule has 21 heavy (non-hydrogen) atoms. The van der Waals surface area contributed by atoms with Crippen molar-refractivity contribution in [1.29, 1.82) is 0 Å². The zero-order valence-electron chi connectivity index (χ0n) is 11.8. The summed E-state index contributed by atoms with van der Waals surface area (Å²) in [6.07, 6.45) is 0. The van der Waals surface area contributed by atoms with Gasteiger partial charge in [-0.3, -0.25) is 0 Å². The Balaban J connectivity index is 1.83. The van der Waals surface area contributed by atoms with E-state index in [1.54, 1.807) is 17.7 Å². The molecule has 0 amide bonds. The fourth-order valence-corrected chi connectivity index (χ4v) is 2.31. The van der Waals surface area contributed by atoms with Crippen LogP contribution in [0.25, 0.3) is 5.65 Å². The number of methoxy groups -OCH3 is 1. The number of nitrogens with zero attached hydrogens (tertiary/aromatic N) is 3. The third-order valence-corrected chi connectivity index (χ3v) is 3.34. The molecule has 3 rings (SSSR count). The number of anilines is 1. The molecule has 0 atom stereocenters. The van der Waals surface area contributed by atoms with Crippen LogP contribution in [-0.2, 0) is 6.54 Å². The molecule has 1 aromatic carbocycles. The fourth-order valence-electron chi connectivity index (χ4n) is 2.12. The Hall–Kier alpha value is -2.27. The van der Waals surface area contributed by atoms with Gasteiger partial charge in [-0.1, -0.05) is 23.7 Å². The highest BCUT2D eigenvalue weighted by Gasteiger charge is 2.07. The van der Waals surface area contributed by atoms with Crippen LogP contribution in [0.2, 0.25) is 5.15 Å². The molecular weight excluding hydrogens is 288 g/mol. The highest BCUT2D eigenvalue weighted by molar-refractivity contribution is 6.29. The molecule has 3 aromatic rings. The van der Waals surface area contributed by atoms with Crippen LogP contribution >= 0.6 is 11.6 Å². The number of hydrogen-bond acceptors (Lipinski definition) is 4. The molecule has 108 valence electrons. The lowest BCUT2D eigenvalue weighted by atomic mass is 10.2. The first kappa shape index (κ1) is 13.7. The minimum absolute atomic E-state index is 0.444. The van der Waals surface area contributed by atoms with Crippen LogP contribution in [0.15, 0.2) is 36.4 Å². The monoisotopic (exact) mass is 302 g/mol. The summed E-state index contributed by atoms with van der Waals surface area (Å²) in [7, 11) is 1.66. The highest BCUT2D eigenvalue weighted by atomic mass is 35.5. The summed E-state index contributed by atoms with van der Waals surface area (Å²) in [5.74, 6) is 1.66. The normalized spacial score (nSPS) is 10.8. The van der Waals surface area contributed by atoms with E-state index in [1.807, 2.05) is 37.3 Å². The van der Waals surface area contributed by atoms with Gasteiger partial charge in [-0.2, -0.15) is 9.61 Å². The first-order valence-electron chi connectivity index (χ1n) is 6.55. The van der Waals surface area contributed by atoms with Gasteiger partial charge in [0.05, 0.1) is 12.8 Å². The molecule has 5 nitrogen and oxygen atoms in total. The van der Waals surface area contributed by atoms with E-state index in [1.165, 1.54) is 0 Å². The number of benzene rings is 1. The summed E-state index contributed by atoms with van der Waals surface area (Å²) in [6.45, 7) is 2.59. The van der Waals surface area contributed by atoms with Gasteiger partial charge in [0.2, 0.25) is 0 Å². The SMILES string of the molecule is COc1ccc(CNc2cc(Cl)nc3cc(C)nn23)cc1. The summed E-state index contributed by atoms with van der Waals surface area (Å²) in [6, 6.07) is 11.6. The highest BCUT2D eigenvalue weighted by Crippen LogP contribution is 2.18. The van der Waals surface area contributed by atoms with Gasteiger partial charge in [0.15, 0.2) is 5.65 Å². The molecule has 0 bridgehead atoms. The van der Waals surface area contributed by atoms with Crippen LogP contribution in [0.3, 0.4) is 0 Å². The van der Waals surface area contributed by atoms with Gasteiger partial charge in [0.25, 0.3) is 0 Å². The number of hydrogen-bond donors (Lipinski definition) is 1. The average Bonchev–Trinajstić information content (AvgIpc) is 2.85. The number of halogens is 1. The molecule has 0 saturated carbocycles. The van der Waals surface area contributed by atoms with Gasteiger partial charge in [-0.15, -0.1) is 0 Å². The van der Waals surface area contributed by atoms with Crippen molar-refractivity contribution in [2.24, 2.45) is 0 Å². The number of nitrogens with one attached hydrogen (secondary N) is 1. The summed E-state index contributed by atoms with van der Waals surface area (Å²) in [4.78, 5) is 4.24. The third-order valence-electron chi connectivity index (χ3n) is 3.15. The maximum atomic E-state index is 6.05. The van der Waals surface area contributed by atoms with Crippen molar-refractivity contribution >= 4 is 23.1 Å². The maximum Gasteiger partial charge on any atom is 0.159 e. The van der Waals surface area contributed by atoms with Crippen LogP contribution in [0.5, 0.6) is 5.75 Å². The summed E-state index contributed by atoms with van der Waals surface area (Å²) in [5, 5.41) is 8.18. The summed E-state index contributed by atoms with van der Waals surface area (Å²) >= 11 is 6.05. The molecule has 0 spiro atoms. The van der Waals surface area contributed by atoms with E-state index >= 15 is 0 Å². The van der Waals surface area contributed by atoms with Gasteiger partial charge in [-0.05, 0) is 24.6 Å². The predicted molar refractivity (Wildman–Crippen MR) is 83.1 cm³/mol. The van der Waals surface area contributed by atoms with E-state index in [-0.39, 0.29) is 0 Å². The first-order chi connectivity index (χ1) is 10.2. The van der Waals surface area contributed by atoms with Crippen molar-refractivity contribution < 1.29 is 4.74 Å². The predicted octanol–water partition coefficient (Wildman–Crippen LogP) is 3.31. The minimum atomic E-state index is 0.444. The molecule has 0 saturated heterocycles. The standard InChI is InChI=1S/C15H15ClN4O/c1-10-7-15-18-13(16)8-14(20(15)19-10)17-9-11-3-5-12(21-2)6-4-11/h3-8,17H,9H2,1-2H3. The van der Waals surface area contributed by atoms with E-state index in [0.29, 0.717) is 11.7 Å². The Bertz CT molecular complexity index is 767. The summed E-state index contributed by atoms with van der Waals surface area (Å²) < 4.78 is 6.90. The Morgan fingerprint density at radius 1 is 1.24 bits per heavy atom. The maximum absolute atomic E-state index is 6.05. The number of rotatable bonds is 4. The second-order valence-corrected chi connectivity index (χ2v) is 5.11. The number of aryl methyl sites for hydroxylation is 1. The van der Waals surface area contributed by atoms with Crippen LogP contribution in [0.1, 0.15) is 11.3 Å². The Labute approximate surface area is 127 Å². The Morgan fingerprint density at radius 2 is 2.00 bits per heavy atom. The van der Waals surface area contributed by atoms with E-state index < -0.39 is 0 Å². The van der Waals surface area contributed by atoms with Crippen LogP contribution in [-0.4, -0.2) is 21.7 Å². The van der Waals surface area contributed by atoms with Gasteiger partial charge >= 0.3 is 0 Å². The number of aromatic nitrogens is 3. The lowest BCUT2D eigenvalue weighted by molar-refractivity contribution is 0.414. The molecule has 0 fully saturated rings. The molecule has 0 radical (unpaired) electrons. The first-order valence-corrected chi connectivity index (χ1v) is 6.93. The Morgan fingerprint density at radius 3 is 2.71 bits per heavy atom. The van der Waals surface area contributed by atoms with Crippen molar-refractivity contribution in [3.05, 3.63) is 52.8 Å². The smallest absolute Gasteiger partial charge is 0.159 e. The number of fused-ring (bicyclic) bond motifs is 1. The molecule has 0 aliphatic rings. The lowest BCUT2D eigenvalue weighted by Crippen LogP contribution is -2.06. The number of ether oxygens (including phenoxy) is 1. The molecule has 0 aliphatic carbocycles. The summed E-state index contributed by atoms with van der Waals surface area (Å²) in [5.41, 5.74) is 2.77. The van der Waals surface area contributed by atoms with Crippen molar-refractivity contribution in [2.75, 3.05) is 12.4 Å². The fraction of sp³-hybridized carbons (Fsp3) is 0.200. The van der Waals surface area contributed by atoms with Crippen LogP contribution < -0.4 is 10.1 Å². The topological polar surface area (TPSA) is 51.5 Å². The van der Waals surface area contributed by atoms with Crippen molar-refractivity contribution in [1.82, 2.24) is 14.6 Å². The second kappa shape index (κ2) is 5.61. The molecule has 2 heterocycles. The van der Waals surface area contributed by atoms with E-state index in [0.717, 1.165) is 28.5 Å². The van der Waals surface area contributed by atoms with E-state index in [2.05, 4.69) is 15.4 Å². The van der Waals surface area contributed by atoms with Crippen molar-refractivity contribution in [2.45, 2.75) is 13.5 Å². The molecule has 1 N–H and O–H groups in total. The van der Waals surface area contributed by atoms with E-state index in [4.69, 9.17) is 16.3 Å². The van der Waals surface area contributed by atoms with Crippen LogP contribution in [0, 0.1) is 6.92 Å². The van der Waals surface area contributed by atoms with Gasteiger partial charge in [0.1, 0.15) is 16.7 Å². The Kier molecular flexibility index (Phi) is 3.66. The quantitative estimate of drug-likeness (QED) is 0.751. The van der Waals surface area contributed by atoms with Gasteiger partial charge in [0, 0.05) is 18.7 Å².